The van der Waals surface area contributed by atoms with Crippen LogP contribution in [0.25, 0.3) is 0 Å². The van der Waals surface area contributed by atoms with Crippen molar-refractivity contribution in [3.8, 4) is 0 Å². The lowest BCUT2D eigenvalue weighted by Gasteiger charge is -2.46. The van der Waals surface area contributed by atoms with E-state index in [0.717, 1.165) is 18.1 Å². The van der Waals surface area contributed by atoms with Crippen molar-refractivity contribution >= 4 is 5.91 Å². The predicted octanol–water partition coefficient (Wildman–Crippen LogP) is 2.48. The highest BCUT2D eigenvalue weighted by Crippen LogP contribution is 2.41. The first-order valence-corrected chi connectivity index (χ1v) is 7.25. The fraction of sp³-hybridized carbons (Fsp3) is 0.800. The number of hydrogen-bond acceptors (Lipinski definition) is 2. The largest absolute Gasteiger partial charge is 0.494 e. The molecule has 2 fully saturated rings. The number of carbonyl (C=O) groups excluding carboxylic acids is 1. The van der Waals surface area contributed by atoms with Crippen molar-refractivity contribution in [1.82, 2.24) is 5.32 Å². The van der Waals surface area contributed by atoms with E-state index < -0.39 is 0 Å². The monoisotopic (exact) mass is 249 g/mol. The number of fused-ring (bicyclic) bond motifs is 1. The van der Waals surface area contributed by atoms with Crippen LogP contribution in [0, 0.1) is 23.7 Å². The summed E-state index contributed by atoms with van der Waals surface area (Å²) in [5, 5.41) is 2.86. The number of ether oxygens (including phenoxy) is 1. The SMILES string of the molecule is CC1CCC(C(C)C)C(OC2=C[C@H]3NC(=O)[C@H]23)C1. The molecule has 3 aliphatic rings. The minimum absolute atomic E-state index is 0.0371. The topological polar surface area (TPSA) is 38.3 Å². The quantitative estimate of drug-likeness (QED) is 0.780. The summed E-state index contributed by atoms with van der Waals surface area (Å²) in [6.07, 6.45) is 6.10. The van der Waals surface area contributed by atoms with Crippen molar-refractivity contribution in [1.29, 1.82) is 0 Å². The number of hydrogen-bond donors (Lipinski definition) is 1. The number of amides is 1. The molecule has 0 bridgehead atoms. The third-order valence-electron chi connectivity index (χ3n) is 4.85. The lowest BCUT2D eigenvalue weighted by molar-refractivity contribution is -0.138. The zero-order valence-electron chi connectivity index (χ0n) is 11.5. The molecule has 3 unspecified atom stereocenters. The van der Waals surface area contributed by atoms with Gasteiger partial charge in [0, 0.05) is 0 Å². The Morgan fingerprint density at radius 3 is 2.78 bits per heavy atom. The van der Waals surface area contributed by atoms with Gasteiger partial charge in [-0.3, -0.25) is 4.79 Å². The van der Waals surface area contributed by atoms with Gasteiger partial charge in [0.1, 0.15) is 17.8 Å². The summed E-state index contributed by atoms with van der Waals surface area (Å²) in [4.78, 5) is 11.4. The van der Waals surface area contributed by atoms with E-state index in [1.165, 1.54) is 12.8 Å². The molecule has 0 aromatic rings. The van der Waals surface area contributed by atoms with Crippen molar-refractivity contribution in [3.63, 3.8) is 0 Å². The Kier molecular flexibility index (Phi) is 2.87. The highest BCUT2D eigenvalue weighted by molar-refractivity contribution is 5.91. The Hall–Kier alpha value is -0.990. The zero-order valence-corrected chi connectivity index (χ0v) is 11.5. The maximum absolute atomic E-state index is 11.4. The van der Waals surface area contributed by atoms with Gasteiger partial charge in [0.25, 0.3) is 0 Å². The first kappa shape index (κ1) is 12.1. The molecule has 1 amide bonds. The molecule has 0 aromatic carbocycles. The van der Waals surface area contributed by atoms with Crippen LogP contribution >= 0.6 is 0 Å². The second-order valence-corrected chi connectivity index (χ2v) is 6.56. The summed E-state index contributed by atoms with van der Waals surface area (Å²) in [6.45, 7) is 6.87. The number of β-lactam (4-membered cyclic amide) rings is 1. The molecule has 1 heterocycles. The average molecular weight is 249 g/mol. The fourth-order valence-corrected chi connectivity index (χ4v) is 3.55. The molecular formula is C15H23NO2. The summed E-state index contributed by atoms with van der Waals surface area (Å²) in [6, 6.07) is 0.269. The van der Waals surface area contributed by atoms with Gasteiger partial charge < -0.3 is 10.1 Å². The molecule has 3 nitrogen and oxygen atoms in total. The van der Waals surface area contributed by atoms with Crippen LogP contribution in [0.5, 0.6) is 0 Å². The summed E-state index contributed by atoms with van der Waals surface area (Å²) in [5.74, 6) is 3.17. The second kappa shape index (κ2) is 4.29. The molecule has 100 valence electrons. The molecule has 0 aromatic heterocycles. The second-order valence-electron chi connectivity index (χ2n) is 6.56. The summed E-state index contributed by atoms with van der Waals surface area (Å²) in [5.41, 5.74) is 0. The van der Waals surface area contributed by atoms with Crippen LogP contribution in [0.2, 0.25) is 0 Å². The van der Waals surface area contributed by atoms with E-state index in [4.69, 9.17) is 4.74 Å². The average Bonchev–Trinajstić information content (AvgIpc) is 2.26. The highest BCUT2D eigenvalue weighted by Gasteiger charge is 2.50. The van der Waals surface area contributed by atoms with E-state index in [2.05, 4.69) is 32.2 Å². The van der Waals surface area contributed by atoms with Crippen molar-refractivity contribution in [2.75, 3.05) is 0 Å². The summed E-state index contributed by atoms with van der Waals surface area (Å²) in [7, 11) is 0. The van der Waals surface area contributed by atoms with Crippen molar-refractivity contribution in [2.24, 2.45) is 23.7 Å². The lowest BCUT2D eigenvalue weighted by atomic mass is 9.74. The molecule has 18 heavy (non-hydrogen) atoms. The third-order valence-corrected chi connectivity index (χ3v) is 4.85. The molecule has 0 spiro atoms. The van der Waals surface area contributed by atoms with Crippen molar-refractivity contribution in [2.45, 2.75) is 52.2 Å². The standard InChI is InChI=1S/C15H23NO2/c1-8(2)10-5-4-9(3)6-12(10)18-13-7-11-14(13)15(17)16-11/h7-12,14H,4-6H2,1-3H3,(H,16,17)/t9?,10?,11-,12?,14+/m1/s1. The maximum atomic E-state index is 11.4. The predicted molar refractivity (Wildman–Crippen MR) is 69.7 cm³/mol. The molecule has 1 N–H and O–H groups in total. The Labute approximate surface area is 109 Å². The molecule has 3 rings (SSSR count). The van der Waals surface area contributed by atoms with Crippen LogP contribution in [0.15, 0.2) is 11.8 Å². The molecule has 5 atom stereocenters. The molecule has 2 aliphatic carbocycles. The Morgan fingerprint density at radius 1 is 1.39 bits per heavy atom. The zero-order chi connectivity index (χ0) is 12.9. The maximum Gasteiger partial charge on any atom is 0.233 e. The Morgan fingerprint density at radius 2 is 2.17 bits per heavy atom. The van der Waals surface area contributed by atoms with Gasteiger partial charge in [-0.2, -0.15) is 0 Å². The van der Waals surface area contributed by atoms with E-state index in [1.807, 2.05) is 0 Å². The van der Waals surface area contributed by atoms with Crippen LogP contribution in [-0.4, -0.2) is 18.1 Å². The first-order valence-electron chi connectivity index (χ1n) is 7.25. The van der Waals surface area contributed by atoms with Crippen LogP contribution in [0.1, 0.15) is 40.0 Å². The molecule has 0 radical (unpaired) electrons. The molecule has 1 saturated carbocycles. The number of nitrogens with one attached hydrogen (secondary N) is 1. The minimum Gasteiger partial charge on any atom is -0.494 e. The van der Waals surface area contributed by atoms with E-state index in [-0.39, 0.29) is 17.9 Å². The number of carbonyl (C=O) groups is 1. The molecule has 1 aliphatic heterocycles. The van der Waals surface area contributed by atoms with E-state index >= 15 is 0 Å². The van der Waals surface area contributed by atoms with Gasteiger partial charge in [0.05, 0.1) is 6.04 Å². The normalized spacial score (nSPS) is 42.3. The smallest absolute Gasteiger partial charge is 0.233 e. The van der Waals surface area contributed by atoms with Gasteiger partial charge in [0.15, 0.2) is 0 Å². The third kappa shape index (κ3) is 1.84. The summed E-state index contributed by atoms with van der Waals surface area (Å²) < 4.78 is 6.18. The highest BCUT2D eigenvalue weighted by atomic mass is 16.5. The Balaban J connectivity index is 1.66. The van der Waals surface area contributed by atoms with Gasteiger partial charge in [-0.1, -0.05) is 27.2 Å². The van der Waals surface area contributed by atoms with Gasteiger partial charge in [-0.25, -0.2) is 0 Å². The van der Waals surface area contributed by atoms with Crippen LogP contribution < -0.4 is 5.32 Å². The van der Waals surface area contributed by atoms with Crippen molar-refractivity contribution < 1.29 is 9.53 Å². The molecular weight excluding hydrogens is 226 g/mol. The lowest BCUT2D eigenvalue weighted by Crippen LogP contribution is -2.63. The minimum atomic E-state index is 0.0371. The van der Waals surface area contributed by atoms with Crippen LogP contribution in [0.3, 0.4) is 0 Å². The molecule has 3 heteroatoms. The van der Waals surface area contributed by atoms with Crippen LogP contribution in [0.4, 0.5) is 0 Å². The Bertz CT molecular complexity index is 388. The summed E-state index contributed by atoms with van der Waals surface area (Å²) >= 11 is 0. The van der Waals surface area contributed by atoms with Crippen LogP contribution in [-0.2, 0) is 9.53 Å². The molecule has 1 saturated heterocycles. The van der Waals surface area contributed by atoms with E-state index in [1.54, 1.807) is 0 Å². The van der Waals surface area contributed by atoms with Gasteiger partial charge in [0.2, 0.25) is 5.91 Å². The van der Waals surface area contributed by atoms with E-state index in [0.29, 0.717) is 17.9 Å². The van der Waals surface area contributed by atoms with Gasteiger partial charge >= 0.3 is 0 Å². The van der Waals surface area contributed by atoms with E-state index in [9.17, 15) is 4.79 Å². The van der Waals surface area contributed by atoms with Crippen molar-refractivity contribution in [3.05, 3.63) is 11.8 Å². The fourth-order valence-electron chi connectivity index (χ4n) is 3.55. The van der Waals surface area contributed by atoms with Gasteiger partial charge in [-0.15, -0.1) is 0 Å². The first-order chi connectivity index (χ1) is 8.56. The number of rotatable bonds is 3. The van der Waals surface area contributed by atoms with Gasteiger partial charge in [-0.05, 0) is 36.7 Å².